The quantitative estimate of drug-likeness (QED) is 0.449. The van der Waals surface area contributed by atoms with Crippen molar-refractivity contribution < 1.29 is 9.47 Å². The average Bonchev–Trinajstić information content (AvgIpc) is 2.78. The molecule has 0 aliphatic heterocycles. The number of pyridine rings is 1. The van der Waals surface area contributed by atoms with Crippen LogP contribution in [0.1, 0.15) is 30.0 Å². The Bertz CT molecular complexity index is 1240. The van der Waals surface area contributed by atoms with Crippen LogP contribution in [0.25, 0.3) is 22.0 Å². The van der Waals surface area contributed by atoms with Gasteiger partial charge in [-0.1, -0.05) is 18.2 Å². The summed E-state index contributed by atoms with van der Waals surface area (Å²) in [7, 11) is 3.25. The molecule has 6 heteroatoms. The fourth-order valence-corrected chi connectivity index (χ4v) is 3.68. The zero-order valence-electron chi connectivity index (χ0n) is 18.4. The molecule has 1 N–H and O–H groups in total. The van der Waals surface area contributed by atoms with Gasteiger partial charge in [0.05, 0.1) is 19.7 Å². The smallest absolute Gasteiger partial charge is 0.162 e. The van der Waals surface area contributed by atoms with Crippen LogP contribution in [-0.2, 0) is 0 Å². The monoisotopic (exact) mass is 414 g/mol. The fraction of sp³-hybridized carbons (Fsp3) is 0.240. The topological polar surface area (TPSA) is 69.2 Å². The van der Waals surface area contributed by atoms with E-state index in [4.69, 9.17) is 9.47 Å². The van der Waals surface area contributed by atoms with Crippen molar-refractivity contribution >= 4 is 16.7 Å². The summed E-state index contributed by atoms with van der Waals surface area (Å²) >= 11 is 0. The van der Waals surface area contributed by atoms with Crippen LogP contribution in [0.3, 0.4) is 0 Å². The van der Waals surface area contributed by atoms with Gasteiger partial charge in [0.1, 0.15) is 11.6 Å². The van der Waals surface area contributed by atoms with Crippen LogP contribution in [0.2, 0.25) is 0 Å². The summed E-state index contributed by atoms with van der Waals surface area (Å²) in [4.78, 5) is 13.5. The maximum absolute atomic E-state index is 5.48. The minimum Gasteiger partial charge on any atom is -0.493 e. The minimum absolute atomic E-state index is 0.0356. The van der Waals surface area contributed by atoms with Crippen LogP contribution in [-0.4, -0.2) is 29.2 Å². The lowest BCUT2D eigenvalue weighted by Crippen LogP contribution is -2.10. The summed E-state index contributed by atoms with van der Waals surface area (Å²) in [5.74, 6) is 2.75. The Balaban J connectivity index is 1.70. The number of hydrogen-bond donors (Lipinski definition) is 1. The number of aryl methyl sites for hydroxylation is 2. The van der Waals surface area contributed by atoms with E-state index in [1.807, 2.05) is 38.2 Å². The van der Waals surface area contributed by atoms with Crippen LogP contribution in [0.5, 0.6) is 11.5 Å². The number of ether oxygens (including phenoxy) is 2. The highest BCUT2D eigenvalue weighted by molar-refractivity contribution is 5.92. The molecule has 0 radical (unpaired) electrons. The molecule has 158 valence electrons. The van der Waals surface area contributed by atoms with Gasteiger partial charge in [0.15, 0.2) is 11.5 Å². The molecule has 31 heavy (non-hydrogen) atoms. The standard InChI is InChI=1S/C25H26N4O2/c1-15-11-20(9-10-26-15)19-8-6-7-18(12-19)16(2)27-25-21-13-23(30-4)24(31-5)14-22(21)28-17(3)29-25/h6-14,16H,1-5H3,(H,27,28,29). The molecule has 2 aromatic heterocycles. The molecule has 4 aromatic rings. The third-order valence-corrected chi connectivity index (χ3v) is 5.28. The lowest BCUT2D eigenvalue weighted by atomic mass is 10.00. The Kier molecular flexibility index (Phi) is 5.71. The van der Waals surface area contributed by atoms with Gasteiger partial charge in [-0.15, -0.1) is 0 Å². The van der Waals surface area contributed by atoms with E-state index in [0.717, 1.165) is 39.1 Å². The van der Waals surface area contributed by atoms with E-state index in [0.29, 0.717) is 17.3 Å². The van der Waals surface area contributed by atoms with E-state index in [1.54, 1.807) is 14.2 Å². The summed E-state index contributed by atoms with van der Waals surface area (Å²) in [5.41, 5.74) is 5.28. The number of benzene rings is 2. The van der Waals surface area contributed by atoms with Crippen LogP contribution >= 0.6 is 0 Å². The van der Waals surface area contributed by atoms with Crippen LogP contribution in [0, 0.1) is 13.8 Å². The van der Waals surface area contributed by atoms with Gasteiger partial charge in [0.25, 0.3) is 0 Å². The molecule has 4 rings (SSSR count). The highest BCUT2D eigenvalue weighted by Crippen LogP contribution is 2.35. The summed E-state index contributed by atoms with van der Waals surface area (Å²) in [5, 5.41) is 4.45. The van der Waals surface area contributed by atoms with Crippen LogP contribution in [0.15, 0.2) is 54.7 Å². The van der Waals surface area contributed by atoms with Crippen molar-refractivity contribution in [2.24, 2.45) is 0 Å². The Morgan fingerprint density at radius 1 is 0.871 bits per heavy atom. The number of rotatable bonds is 6. The number of anilines is 1. The summed E-state index contributed by atoms with van der Waals surface area (Å²) in [6.45, 7) is 6.02. The van der Waals surface area contributed by atoms with E-state index in [-0.39, 0.29) is 6.04 Å². The largest absolute Gasteiger partial charge is 0.493 e. The van der Waals surface area contributed by atoms with Crippen molar-refractivity contribution in [1.82, 2.24) is 15.0 Å². The molecule has 0 fully saturated rings. The zero-order valence-corrected chi connectivity index (χ0v) is 18.4. The Morgan fingerprint density at radius 2 is 1.61 bits per heavy atom. The minimum atomic E-state index is 0.0356. The first-order valence-electron chi connectivity index (χ1n) is 10.2. The average molecular weight is 415 g/mol. The Hall–Kier alpha value is -3.67. The van der Waals surface area contributed by atoms with Gasteiger partial charge in [-0.25, -0.2) is 9.97 Å². The molecule has 0 amide bonds. The van der Waals surface area contributed by atoms with Gasteiger partial charge >= 0.3 is 0 Å². The second kappa shape index (κ2) is 8.60. The number of nitrogens with zero attached hydrogens (tertiary/aromatic N) is 3. The SMILES string of the molecule is COc1cc2nc(C)nc(NC(C)c3cccc(-c4ccnc(C)c4)c3)c2cc1OC. The molecule has 0 aliphatic rings. The number of aromatic nitrogens is 3. The summed E-state index contributed by atoms with van der Waals surface area (Å²) in [6.07, 6.45) is 1.84. The van der Waals surface area contributed by atoms with Crippen molar-refractivity contribution in [1.29, 1.82) is 0 Å². The molecule has 1 atom stereocenters. The summed E-state index contributed by atoms with van der Waals surface area (Å²) in [6, 6.07) is 16.5. The fourth-order valence-electron chi connectivity index (χ4n) is 3.68. The van der Waals surface area contributed by atoms with E-state index >= 15 is 0 Å². The molecule has 2 heterocycles. The molecule has 1 unspecified atom stereocenters. The van der Waals surface area contributed by atoms with E-state index in [1.165, 1.54) is 0 Å². The third-order valence-electron chi connectivity index (χ3n) is 5.28. The number of hydrogen-bond acceptors (Lipinski definition) is 6. The zero-order chi connectivity index (χ0) is 22.0. The molecule has 0 saturated carbocycles. The van der Waals surface area contributed by atoms with Gasteiger partial charge in [-0.05, 0) is 61.7 Å². The van der Waals surface area contributed by atoms with E-state index in [9.17, 15) is 0 Å². The van der Waals surface area contributed by atoms with Gasteiger partial charge in [0, 0.05) is 29.4 Å². The van der Waals surface area contributed by atoms with Crippen LogP contribution < -0.4 is 14.8 Å². The van der Waals surface area contributed by atoms with Crippen molar-refractivity contribution in [3.63, 3.8) is 0 Å². The Labute approximate surface area is 182 Å². The molecular weight excluding hydrogens is 388 g/mol. The second-order valence-corrected chi connectivity index (χ2v) is 7.52. The molecule has 0 saturated heterocycles. The lowest BCUT2D eigenvalue weighted by Gasteiger charge is -2.18. The maximum Gasteiger partial charge on any atom is 0.162 e. The highest BCUT2D eigenvalue weighted by atomic mass is 16.5. The molecule has 2 aromatic carbocycles. The maximum atomic E-state index is 5.48. The molecule has 0 aliphatic carbocycles. The lowest BCUT2D eigenvalue weighted by molar-refractivity contribution is 0.356. The molecule has 0 spiro atoms. The third kappa shape index (κ3) is 4.28. The predicted octanol–water partition coefficient (Wildman–Crippen LogP) is 5.50. The van der Waals surface area contributed by atoms with Crippen LogP contribution in [0.4, 0.5) is 5.82 Å². The van der Waals surface area contributed by atoms with Gasteiger partial charge < -0.3 is 14.8 Å². The van der Waals surface area contributed by atoms with Gasteiger partial charge in [-0.2, -0.15) is 0 Å². The van der Waals surface area contributed by atoms with Gasteiger partial charge in [0.2, 0.25) is 0 Å². The van der Waals surface area contributed by atoms with Gasteiger partial charge in [-0.3, -0.25) is 4.98 Å². The molecular formula is C25H26N4O2. The summed E-state index contributed by atoms with van der Waals surface area (Å²) < 4.78 is 10.9. The number of nitrogens with one attached hydrogen (secondary N) is 1. The van der Waals surface area contributed by atoms with E-state index < -0.39 is 0 Å². The molecule has 6 nitrogen and oxygen atoms in total. The second-order valence-electron chi connectivity index (χ2n) is 7.52. The molecule has 0 bridgehead atoms. The van der Waals surface area contributed by atoms with Crippen molar-refractivity contribution in [3.8, 4) is 22.6 Å². The first-order valence-corrected chi connectivity index (χ1v) is 10.2. The first kappa shape index (κ1) is 20.6. The van der Waals surface area contributed by atoms with Crippen molar-refractivity contribution in [3.05, 3.63) is 71.8 Å². The normalized spacial score (nSPS) is 11.9. The predicted molar refractivity (Wildman–Crippen MR) is 124 cm³/mol. The number of methoxy groups -OCH3 is 2. The highest BCUT2D eigenvalue weighted by Gasteiger charge is 2.15. The van der Waals surface area contributed by atoms with Crippen molar-refractivity contribution in [2.75, 3.05) is 19.5 Å². The first-order chi connectivity index (χ1) is 15.0. The number of fused-ring (bicyclic) bond motifs is 1. The van der Waals surface area contributed by atoms with E-state index in [2.05, 4.69) is 57.5 Å². The Morgan fingerprint density at radius 3 is 2.35 bits per heavy atom. The van der Waals surface area contributed by atoms with Crippen molar-refractivity contribution in [2.45, 2.75) is 26.8 Å².